The van der Waals surface area contributed by atoms with E-state index < -0.39 is 0 Å². The molecule has 1 aromatic carbocycles. The number of carbonyl (C=O) groups is 1. The van der Waals surface area contributed by atoms with Gasteiger partial charge in [0.1, 0.15) is 0 Å². The normalized spacial score (nSPS) is 10.8. The summed E-state index contributed by atoms with van der Waals surface area (Å²) >= 11 is 11.8. The Kier molecular flexibility index (Phi) is 7.97. The van der Waals surface area contributed by atoms with Gasteiger partial charge in [-0.05, 0) is 44.1 Å². The van der Waals surface area contributed by atoms with E-state index in [2.05, 4.69) is 24.1 Å². The van der Waals surface area contributed by atoms with Gasteiger partial charge < -0.3 is 10.2 Å². The van der Waals surface area contributed by atoms with E-state index in [1.807, 2.05) is 0 Å². The number of carbonyl (C=O) groups excluding carboxylic acids is 1. The molecule has 0 radical (unpaired) electrons. The van der Waals surface area contributed by atoms with Crippen LogP contribution >= 0.6 is 23.2 Å². The summed E-state index contributed by atoms with van der Waals surface area (Å²) < 4.78 is 0. The summed E-state index contributed by atoms with van der Waals surface area (Å²) in [6.45, 7) is 7.16. The summed E-state index contributed by atoms with van der Waals surface area (Å²) in [5, 5.41) is 3.78. The maximum absolute atomic E-state index is 11.9. The Balaban J connectivity index is 2.44. The second kappa shape index (κ2) is 9.22. The van der Waals surface area contributed by atoms with Crippen LogP contribution in [-0.2, 0) is 4.79 Å². The number of benzene rings is 1. The Morgan fingerprint density at radius 3 is 2.30 bits per heavy atom. The van der Waals surface area contributed by atoms with Crippen molar-refractivity contribution in [3.8, 4) is 0 Å². The molecule has 0 aliphatic heterocycles. The lowest BCUT2D eigenvalue weighted by Gasteiger charge is -2.20. The molecule has 20 heavy (non-hydrogen) atoms. The molecule has 0 bridgehead atoms. The predicted molar refractivity (Wildman–Crippen MR) is 86.7 cm³/mol. The molecule has 1 amide bonds. The smallest absolute Gasteiger partial charge is 0.225 e. The molecule has 1 rings (SSSR count). The fourth-order valence-electron chi connectivity index (χ4n) is 2.02. The quantitative estimate of drug-likeness (QED) is 0.768. The third-order valence-corrected chi connectivity index (χ3v) is 3.68. The van der Waals surface area contributed by atoms with E-state index in [-0.39, 0.29) is 5.91 Å². The van der Waals surface area contributed by atoms with E-state index in [9.17, 15) is 4.79 Å². The number of rotatable bonds is 8. The molecule has 0 fully saturated rings. The van der Waals surface area contributed by atoms with Gasteiger partial charge in [0.25, 0.3) is 0 Å². The summed E-state index contributed by atoms with van der Waals surface area (Å²) in [6, 6.07) is 5.10. The summed E-state index contributed by atoms with van der Waals surface area (Å²) in [5.41, 5.74) is 0.682. The van der Waals surface area contributed by atoms with Crippen molar-refractivity contribution in [1.82, 2.24) is 4.90 Å². The molecule has 0 saturated heterocycles. The van der Waals surface area contributed by atoms with E-state index >= 15 is 0 Å². The highest BCUT2D eigenvalue weighted by Crippen LogP contribution is 2.25. The molecule has 1 N–H and O–H groups in total. The van der Waals surface area contributed by atoms with Crippen LogP contribution in [0.25, 0.3) is 0 Å². The van der Waals surface area contributed by atoms with Crippen LogP contribution in [0.4, 0.5) is 5.69 Å². The topological polar surface area (TPSA) is 32.3 Å². The van der Waals surface area contributed by atoms with E-state index in [1.54, 1.807) is 18.2 Å². The van der Waals surface area contributed by atoms with Crippen LogP contribution in [-0.4, -0.2) is 30.4 Å². The third-order valence-electron chi connectivity index (χ3n) is 2.94. The first-order valence-electron chi connectivity index (χ1n) is 7.04. The van der Waals surface area contributed by atoms with Crippen LogP contribution in [0, 0.1) is 0 Å². The van der Waals surface area contributed by atoms with Crippen LogP contribution in [0.5, 0.6) is 0 Å². The predicted octanol–water partition coefficient (Wildman–Crippen LogP) is 4.44. The molecular formula is C15H22Cl2N2O. The van der Waals surface area contributed by atoms with Gasteiger partial charge in [0, 0.05) is 18.7 Å². The zero-order chi connectivity index (χ0) is 15.0. The number of nitrogens with one attached hydrogen (secondary N) is 1. The molecule has 0 heterocycles. The number of hydrogen-bond donors (Lipinski definition) is 1. The first-order chi connectivity index (χ1) is 9.56. The molecule has 3 nitrogen and oxygen atoms in total. The number of nitrogens with zero attached hydrogens (tertiary/aromatic N) is 1. The minimum atomic E-state index is 0.000551. The number of halogens is 2. The van der Waals surface area contributed by atoms with Crippen molar-refractivity contribution in [2.45, 2.75) is 33.1 Å². The summed E-state index contributed by atoms with van der Waals surface area (Å²) in [5.74, 6) is 0.000551. The highest BCUT2D eigenvalue weighted by molar-refractivity contribution is 6.42. The van der Waals surface area contributed by atoms with Gasteiger partial charge in [-0.3, -0.25) is 4.79 Å². The molecule has 0 aliphatic carbocycles. The highest BCUT2D eigenvalue weighted by atomic mass is 35.5. The number of amides is 1. The lowest BCUT2D eigenvalue weighted by Crippen LogP contribution is -2.29. The third kappa shape index (κ3) is 6.12. The van der Waals surface area contributed by atoms with Gasteiger partial charge in [-0.1, -0.05) is 37.0 Å². The van der Waals surface area contributed by atoms with Crippen molar-refractivity contribution < 1.29 is 4.79 Å². The van der Waals surface area contributed by atoms with Crippen molar-refractivity contribution in [3.63, 3.8) is 0 Å². The zero-order valence-corrected chi connectivity index (χ0v) is 13.6. The molecule has 112 valence electrons. The van der Waals surface area contributed by atoms with Gasteiger partial charge in [0.2, 0.25) is 5.91 Å². The Bertz CT molecular complexity index is 432. The molecule has 1 aromatic rings. The average Bonchev–Trinajstić information content (AvgIpc) is 2.41. The average molecular weight is 317 g/mol. The molecule has 0 atom stereocenters. The molecule has 0 aliphatic rings. The molecule has 0 unspecified atom stereocenters. The second-order valence-electron chi connectivity index (χ2n) is 4.77. The van der Waals surface area contributed by atoms with E-state index in [1.165, 1.54) is 0 Å². The van der Waals surface area contributed by atoms with E-state index in [4.69, 9.17) is 23.2 Å². The van der Waals surface area contributed by atoms with Crippen molar-refractivity contribution in [2.75, 3.05) is 25.0 Å². The first kappa shape index (κ1) is 17.3. The Hall–Kier alpha value is -0.770. The van der Waals surface area contributed by atoms with Crippen molar-refractivity contribution in [2.24, 2.45) is 0 Å². The zero-order valence-electron chi connectivity index (χ0n) is 12.1. The van der Waals surface area contributed by atoms with Crippen LogP contribution in [0.15, 0.2) is 18.2 Å². The van der Waals surface area contributed by atoms with Gasteiger partial charge in [-0.25, -0.2) is 0 Å². The Morgan fingerprint density at radius 1 is 1.10 bits per heavy atom. The molecule has 0 saturated carbocycles. The minimum Gasteiger partial charge on any atom is -0.326 e. The fraction of sp³-hybridized carbons (Fsp3) is 0.533. The summed E-state index contributed by atoms with van der Waals surface area (Å²) in [7, 11) is 0. The van der Waals surface area contributed by atoms with Crippen molar-refractivity contribution in [1.29, 1.82) is 0 Å². The van der Waals surface area contributed by atoms with Gasteiger partial charge in [0.05, 0.1) is 10.0 Å². The maximum atomic E-state index is 11.9. The van der Waals surface area contributed by atoms with Crippen molar-refractivity contribution in [3.05, 3.63) is 28.2 Å². The van der Waals surface area contributed by atoms with E-state index in [0.717, 1.165) is 32.5 Å². The summed E-state index contributed by atoms with van der Waals surface area (Å²) in [6.07, 6.45) is 2.70. The van der Waals surface area contributed by atoms with Gasteiger partial charge >= 0.3 is 0 Å². The van der Waals surface area contributed by atoms with Crippen LogP contribution < -0.4 is 5.32 Å². The van der Waals surface area contributed by atoms with Gasteiger partial charge in [-0.2, -0.15) is 0 Å². The first-order valence-corrected chi connectivity index (χ1v) is 7.79. The molecule has 0 aromatic heterocycles. The minimum absolute atomic E-state index is 0.000551. The van der Waals surface area contributed by atoms with Gasteiger partial charge in [0.15, 0.2) is 0 Å². The SMILES string of the molecule is CCCN(CCC)CCC(=O)Nc1ccc(Cl)c(Cl)c1. The lowest BCUT2D eigenvalue weighted by molar-refractivity contribution is -0.116. The van der Waals surface area contributed by atoms with E-state index in [0.29, 0.717) is 22.2 Å². The largest absolute Gasteiger partial charge is 0.326 e. The van der Waals surface area contributed by atoms with Crippen LogP contribution in [0.3, 0.4) is 0 Å². The molecular weight excluding hydrogens is 295 g/mol. The number of anilines is 1. The standard InChI is InChI=1S/C15H22Cl2N2O/c1-3-8-19(9-4-2)10-7-15(20)18-12-5-6-13(16)14(17)11-12/h5-6,11H,3-4,7-10H2,1-2H3,(H,18,20). The Morgan fingerprint density at radius 2 is 1.75 bits per heavy atom. The van der Waals surface area contributed by atoms with Crippen LogP contribution in [0.1, 0.15) is 33.1 Å². The lowest BCUT2D eigenvalue weighted by atomic mass is 10.2. The maximum Gasteiger partial charge on any atom is 0.225 e. The second-order valence-corrected chi connectivity index (χ2v) is 5.58. The monoisotopic (exact) mass is 316 g/mol. The molecule has 5 heteroatoms. The van der Waals surface area contributed by atoms with Gasteiger partial charge in [-0.15, -0.1) is 0 Å². The van der Waals surface area contributed by atoms with Crippen LogP contribution in [0.2, 0.25) is 10.0 Å². The molecule has 0 spiro atoms. The Labute approximate surface area is 131 Å². The number of hydrogen-bond acceptors (Lipinski definition) is 2. The highest BCUT2D eigenvalue weighted by Gasteiger charge is 2.08. The van der Waals surface area contributed by atoms with Crippen molar-refractivity contribution >= 4 is 34.8 Å². The fourth-order valence-corrected chi connectivity index (χ4v) is 2.32. The summed E-state index contributed by atoms with van der Waals surface area (Å²) in [4.78, 5) is 14.2.